The highest BCUT2D eigenvalue weighted by Gasteiger charge is 2.12. The van der Waals surface area contributed by atoms with Gasteiger partial charge in [-0.15, -0.1) is 0 Å². The summed E-state index contributed by atoms with van der Waals surface area (Å²) >= 11 is 0. The van der Waals surface area contributed by atoms with Crippen LogP contribution >= 0.6 is 0 Å². The monoisotopic (exact) mass is 220 g/mol. The minimum absolute atomic E-state index is 0.174. The first-order valence-corrected chi connectivity index (χ1v) is 5.99. The van der Waals surface area contributed by atoms with Crippen LogP contribution in [0.4, 0.5) is 0 Å². The Balaban J connectivity index is 2.23. The average molecular weight is 220 g/mol. The van der Waals surface area contributed by atoms with Gasteiger partial charge in [-0.2, -0.15) is 0 Å². The van der Waals surface area contributed by atoms with E-state index in [0.717, 1.165) is 19.5 Å². The predicted octanol–water partition coefficient (Wildman–Crippen LogP) is 2.13. The zero-order valence-electron chi connectivity index (χ0n) is 10.9. The first-order chi connectivity index (χ1) is 7.53. The normalized spacial score (nSPS) is 11.8. The maximum atomic E-state index is 3.48. The van der Waals surface area contributed by atoms with Crippen LogP contribution in [0.2, 0.25) is 0 Å². The molecule has 0 aliphatic heterocycles. The van der Waals surface area contributed by atoms with E-state index >= 15 is 0 Å². The topological polar surface area (TPSA) is 24.1 Å². The highest BCUT2D eigenvalue weighted by atomic mass is 15.0. The van der Waals surface area contributed by atoms with E-state index in [1.54, 1.807) is 0 Å². The lowest BCUT2D eigenvalue weighted by molar-refractivity contribution is 0.395. The SMILES string of the molecule is CNC(C)(C)CNCCc1ccc(C)cc1. The van der Waals surface area contributed by atoms with Crippen LogP contribution in [0.3, 0.4) is 0 Å². The molecule has 2 N–H and O–H groups in total. The summed E-state index contributed by atoms with van der Waals surface area (Å²) in [5, 5.41) is 6.76. The maximum Gasteiger partial charge on any atom is 0.0246 e. The lowest BCUT2D eigenvalue weighted by atomic mass is 10.1. The van der Waals surface area contributed by atoms with Gasteiger partial charge >= 0.3 is 0 Å². The fourth-order valence-corrected chi connectivity index (χ4v) is 1.48. The molecule has 0 spiro atoms. The molecule has 0 saturated heterocycles. The molecule has 1 aromatic carbocycles. The van der Waals surface area contributed by atoms with Gasteiger partial charge in [-0.3, -0.25) is 0 Å². The molecule has 1 aromatic rings. The van der Waals surface area contributed by atoms with Crippen molar-refractivity contribution in [3.63, 3.8) is 0 Å². The molecular weight excluding hydrogens is 196 g/mol. The molecule has 0 amide bonds. The first-order valence-electron chi connectivity index (χ1n) is 5.99. The minimum atomic E-state index is 0.174. The molecule has 2 heteroatoms. The van der Waals surface area contributed by atoms with Crippen LogP contribution in [0.5, 0.6) is 0 Å². The van der Waals surface area contributed by atoms with Crippen molar-refractivity contribution in [2.75, 3.05) is 20.1 Å². The number of rotatable bonds is 6. The third kappa shape index (κ3) is 4.77. The summed E-state index contributed by atoms with van der Waals surface area (Å²) < 4.78 is 0. The number of hydrogen-bond donors (Lipinski definition) is 2. The summed E-state index contributed by atoms with van der Waals surface area (Å²) in [4.78, 5) is 0. The van der Waals surface area contributed by atoms with Crippen molar-refractivity contribution in [1.29, 1.82) is 0 Å². The highest BCUT2D eigenvalue weighted by Crippen LogP contribution is 2.03. The van der Waals surface area contributed by atoms with Gasteiger partial charge in [0.25, 0.3) is 0 Å². The van der Waals surface area contributed by atoms with E-state index in [-0.39, 0.29) is 5.54 Å². The molecule has 0 aliphatic carbocycles. The van der Waals surface area contributed by atoms with Crippen molar-refractivity contribution < 1.29 is 0 Å². The molecule has 90 valence electrons. The lowest BCUT2D eigenvalue weighted by Crippen LogP contribution is -2.46. The van der Waals surface area contributed by atoms with E-state index < -0.39 is 0 Å². The Kier molecular flexibility index (Phi) is 4.97. The standard InChI is InChI=1S/C14H24N2/c1-12-5-7-13(8-6-12)9-10-16-11-14(2,3)15-4/h5-8,15-16H,9-11H2,1-4H3. The molecule has 0 aromatic heterocycles. The van der Waals surface area contributed by atoms with Gasteiger partial charge in [-0.05, 0) is 46.3 Å². The number of benzene rings is 1. The van der Waals surface area contributed by atoms with Crippen LogP contribution in [0.1, 0.15) is 25.0 Å². The molecule has 0 saturated carbocycles. The van der Waals surface area contributed by atoms with Gasteiger partial charge in [0.2, 0.25) is 0 Å². The second-order valence-electron chi connectivity index (χ2n) is 5.05. The quantitative estimate of drug-likeness (QED) is 0.718. The van der Waals surface area contributed by atoms with Crippen molar-refractivity contribution in [2.45, 2.75) is 32.7 Å². The largest absolute Gasteiger partial charge is 0.315 e. The molecule has 16 heavy (non-hydrogen) atoms. The van der Waals surface area contributed by atoms with E-state index in [0.29, 0.717) is 0 Å². The Morgan fingerprint density at radius 1 is 1.12 bits per heavy atom. The highest BCUT2D eigenvalue weighted by molar-refractivity contribution is 5.21. The summed E-state index contributed by atoms with van der Waals surface area (Å²) in [6.07, 6.45) is 1.10. The Morgan fingerprint density at radius 2 is 1.75 bits per heavy atom. The Hall–Kier alpha value is -0.860. The molecule has 2 nitrogen and oxygen atoms in total. The van der Waals surface area contributed by atoms with Crippen LogP contribution in [0.15, 0.2) is 24.3 Å². The van der Waals surface area contributed by atoms with E-state index in [9.17, 15) is 0 Å². The fraction of sp³-hybridized carbons (Fsp3) is 0.571. The van der Waals surface area contributed by atoms with Gasteiger partial charge < -0.3 is 10.6 Å². The van der Waals surface area contributed by atoms with Crippen LogP contribution in [-0.4, -0.2) is 25.7 Å². The fourth-order valence-electron chi connectivity index (χ4n) is 1.48. The zero-order chi connectivity index (χ0) is 12.0. The molecule has 0 atom stereocenters. The molecule has 1 rings (SSSR count). The molecule has 0 aliphatic rings. The zero-order valence-corrected chi connectivity index (χ0v) is 10.9. The summed E-state index contributed by atoms with van der Waals surface area (Å²) in [5.41, 5.74) is 2.90. The van der Waals surface area contributed by atoms with Gasteiger partial charge in [0.1, 0.15) is 0 Å². The third-order valence-electron chi connectivity index (χ3n) is 2.95. The first kappa shape index (κ1) is 13.2. The van der Waals surface area contributed by atoms with Crippen LogP contribution < -0.4 is 10.6 Å². The van der Waals surface area contributed by atoms with Gasteiger partial charge in [0.15, 0.2) is 0 Å². The summed E-state index contributed by atoms with van der Waals surface area (Å²) in [7, 11) is 2.00. The summed E-state index contributed by atoms with van der Waals surface area (Å²) in [6.45, 7) is 8.55. The number of aryl methyl sites for hydroxylation is 1. The van der Waals surface area contributed by atoms with Crippen molar-refractivity contribution in [3.8, 4) is 0 Å². The van der Waals surface area contributed by atoms with Crippen LogP contribution in [-0.2, 0) is 6.42 Å². The summed E-state index contributed by atoms with van der Waals surface area (Å²) in [5.74, 6) is 0. The maximum absolute atomic E-state index is 3.48. The van der Waals surface area contributed by atoms with E-state index in [1.807, 2.05) is 7.05 Å². The summed E-state index contributed by atoms with van der Waals surface area (Å²) in [6, 6.07) is 8.76. The number of hydrogen-bond acceptors (Lipinski definition) is 2. The van der Waals surface area contributed by atoms with Crippen molar-refractivity contribution in [3.05, 3.63) is 35.4 Å². The van der Waals surface area contributed by atoms with Gasteiger partial charge in [0.05, 0.1) is 0 Å². The second-order valence-corrected chi connectivity index (χ2v) is 5.05. The Labute approximate surface area is 99.5 Å². The van der Waals surface area contributed by atoms with E-state index in [1.165, 1.54) is 11.1 Å². The Bertz CT molecular complexity index is 301. The Morgan fingerprint density at radius 3 is 2.31 bits per heavy atom. The molecular formula is C14H24N2. The minimum Gasteiger partial charge on any atom is -0.315 e. The predicted molar refractivity (Wildman–Crippen MR) is 70.9 cm³/mol. The van der Waals surface area contributed by atoms with Crippen LogP contribution in [0, 0.1) is 6.92 Å². The van der Waals surface area contributed by atoms with E-state index in [2.05, 4.69) is 55.7 Å². The van der Waals surface area contributed by atoms with Crippen molar-refractivity contribution in [1.82, 2.24) is 10.6 Å². The average Bonchev–Trinajstić information content (AvgIpc) is 2.27. The molecule has 0 fully saturated rings. The smallest absolute Gasteiger partial charge is 0.0246 e. The van der Waals surface area contributed by atoms with Crippen molar-refractivity contribution >= 4 is 0 Å². The molecule has 0 bridgehead atoms. The van der Waals surface area contributed by atoms with Gasteiger partial charge in [-0.25, -0.2) is 0 Å². The molecule has 0 radical (unpaired) electrons. The number of nitrogens with one attached hydrogen (secondary N) is 2. The lowest BCUT2D eigenvalue weighted by Gasteiger charge is -2.24. The molecule has 0 heterocycles. The van der Waals surface area contributed by atoms with Crippen molar-refractivity contribution in [2.24, 2.45) is 0 Å². The van der Waals surface area contributed by atoms with Gasteiger partial charge in [0, 0.05) is 12.1 Å². The third-order valence-corrected chi connectivity index (χ3v) is 2.95. The van der Waals surface area contributed by atoms with E-state index in [4.69, 9.17) is 0 Å². The number of likely N-dealkylation sites (N-methyl/N-ethyl adjacent to an activating group) is 1. The van der Waals surface area contributed by atoms with Gasteiger partial charge in [-0.1, -0.05) is 29.8 Å². The second kappa shape index (κ2) is 6.02. The molecule has 0 unspecified atom stereocenters. The van der Waals surface area contributed by atoms with Crippen LogP contribution in [0.25, 0.3) is 0 Å².